The number of phenolic OH excluding ortho intramolecular Hbond substituents is 1. The molecule has 2 rings (SSSR count). The number of rotatable bonds is 2. The molecule has 98 valence electrons. The number of carbonyl (C=O) groups excluding carboxylic acids is 1. The van der Waals surface area contributed by atoms with E-state index in [4.69, 9.17) is 4.74 Å². The summed E-state index contributed by atoms with van der Waals surface area (Å²) in [4.78, 5) is 14.1. The van der Waals surface area contributed by atoms with Crippen LogP contribution in [-0.4, -0.2) is 31.3 Å². The van der Waals surface area contributed by atoms with E-state index >= 15 is 0 Å². The van der Waals surface area contributed by atoms with Crippen molar-refractivity contribution in [2.24, 2.45) is 11.8 Å². The van der Waals surface area contributed by atoms with Crippen molar-refractivity contribution >= 4 is 11.6 Å². The summed E-state index contributed by atoms with van der Waals surface area (Å²) in [5, 5.41) is 9.25. The third-order valence-electron chi connectivity index (χ3n) is 3.53. The summed E-state index contributed by atoms with van der Waals surface area (Å²) in [5.41, 5.74) is 0.802. The molecule has 0 bridgehead atoms. The number of carbonyl (C=O) groups is 1. The minimum atomic E-state index is 0.0255. The average Bonchev–Trinajstić information content (AvgIpc) is 2.38. The van der Waals surface area contributed by atoms with Gasteiger partial charge in [0.05, 0.1) is 0 Å². The van der Waals surface area contributed by atoms with Crippen molar-refractivity contribution in [2.45, 2.75) is 13.3 Å². The molecule has 1 aromatic carbocycles. The third kappa shape index (κ3) is 2.64. The van der Waals surface area contributed by atoms with Crippen molar-refractivity contribution in [3.8, 4) is 5.75 Å². The first kappa shape index (κ1) is 12.9. The highest BCUT2D eigenvalue weighted by molar-refractivity contribution is 5.94. The number of amides is 1. The lowest BCUT2D eigenvalue weighted by molar-refractivity contribution is -0.127. The lowest BCUT2D eigenvalue weighted by atomic mass is 9.88. The molecule has 0 spiro atoms. The molecule has 2 atom stereocenters. The molecule has 4 nitrogen and oxygen atoms in total. The van der Waals surface area contributed by atoms with Crippen LogP contribution in [-0.2, 0) is 9.53 Å². The molecular formula is C14H19NO3. The fourth-order valence-electron chi connectivity index (χ4n) is 2.30. The molecule has 1 aliphatic heterocycles. The Morgan fingerprint density at radius 2 is 2.06 bits per heavy atom. The summed E-state index contributed by atoms with van der Waals surface area (Å²) in [6.45, 7) is 3.36. The number of nitrogens with zero attached hydrogens (tertiary/aromatic N) is 1. The molecule has 0 aromatic heterocycles. The number of ether oxygens (including phenoxy) is 1. The summed E-state index contributed by atoms with van der Waals surface area (Å²) in [6.07, 6.45) is 0.780. The molecule has 1 heterocycles. The van der Waals surface area contributed by atoms with Crippen molar-refractivity contribution in [1.29, 1.82) is 0 Å². The Bertz CT molecular complexity index is 416. The maximum absolute atomic E-state index is 12.4. The molecule has 1 saturated heterocycles. The van der Waals surface area contributed by atoms with Crippen molar-refractivity contribution in [3.63, 3.8) is 0 Å². The first-order valence-corrected chi connectivity index (χ1v) is 6.24. The number of aromatic hydroxyl groups is 1. The Morgan fingerprint density at radius 1 is 1.39 bits per heavy atom. The molecule has 1 amide bonds. The zero-order valence-electron chi connectivity index (χ0n) is 10.8. The van der Waals surface area contributed by atoms with E-state index in [0.717, 1.165) is 12.1 Å². The van der Waals surface area contributed by atoms with Crippen molar-refractivity contribution in [3.05, 3.63) is 24.3 Å². The molecule has 1 fully saturated rings. The van der Waals surface area contributed by atoms with Crippen LogP contribution in [0, 0.1) is 11.8 Å². The largest absolute Gasteiger partial charge is 0.508 e. The van der Waals surface area contributed by atoms with Gasteiger partial charge in [0.2, 0.25) is 5.91 Å². The second kappa shape index (κ2) is 5.40. The first-order valence-electron chi connectivity index (χ1n) is 6.24. The zero-order chi connectivity index (χ0) is 13.1. The Hall–Kier alpha value is -1.55. The highest BCUT2D eigenvalue weighted by atomic mass is 16.5. The number of hydrogen-bond acceptors (Lipinski definition) is 3. The molecule has 0 aliphatic carbocycles. The summed E-state index contributed by atoms with van der Waals surface area (Å²) in [6, 6.07) is 6.67. The number of benzene rings is 1. The highest BCUT2D eigenvalue weighted by Gasteiger charge is 2.30. The van der Waals surface area contributed by atoms with Gasteiger partial charge in [-0.3, -0.25) is 4.79 Å². The Labute approximate surface area is 107 Å². The summed E-state index contributed by atoms with van der Waals surface area (Å²) >= 11 is 0. The van der Waals surface area contributed by atoms with Gasteiger partial charge in [0.25, 0.3) is 0 Å². The van der Waals surface area contributed by atoms with Gasteiger partial charge in [0, 0.05) is 31.9 Å². The fourth-order valence-corrected chi connectivity index (χ4v) is 2.30. The van der Waals surface area contributed by atoms with E-state index in [9.17, 15) is 9.90 Å². The fraction of sp³-hybridized carbons (Fsp3) is 0.500. The highest BCUT2D eigenvalue weighted by Crippen LogP contribution is 2.26. The van der Waals surface area contributed by atoms with E-state index in [0.29, 0.717) is 13.2 Å². The third-order valence-corrected chi connectivity index (χ3v) is 3.53. The lowest BCUT2D eigenvalue weighted by Gasteiger charge is -2.31. The van der Waals surface area contributed by atoms with Crippen LogP contribution in [0.25, 0.3) is 0 Å². The molecule has 1 aliphatic rings. The standard InChI is InChI=1S/C14H19NO3/c1-10-9-18-8-7-13(10)14(17)15(2)11-3-5-12(16)6-4-11/h3-6,10,13,16H,7-9H2,1-2H3. The number of hydrogen-bond donors (Lipinski definition) is 1. The zero-order valence-corrected chi connectivity index (χ0v) is 10.8. The van der Waals surface area contributed by atoms with Gasteiger partial charge >= 0.3 is 0 Å². The average molecular weight is 249 g/mol. The monoisotopic (exact) mass is 249 g/mol. The lowest BCUT2D eigenvalue weighted by Crippen LogP contribution is -2.40. The van der Waals surface area contributed by atoms with Crippen molar-refractivity contribution < 1.29 is 14.6 Å². The van der Waals surface area contributed by atoms with Crippen LogP contribution in [0.4, 0.5) is 5.69 Å². The molecule has 0 saturated carbocycles. The minimum Gasteiger partial charge on any atom is -0.508 e. The first-order chi connectivity index (χ1) is 8.59. The van der Waals surface area contributed by atoms with E-state index in [-0.39, 0.29) is 23.5 Å². The maximum Gasteiger partial charge on any atom is 0.230 e. The van der Waals surface area contributed by atoms with E-state index < -0.39 is 0 Å². The molecule has 1 aromatic rings. The maximum atomic E-state index is 12.4. The number of anilines is 1. The second-order valence-corrected chi connectivity index (χ2v) is 4.86. The van der Waals surface area contributed by atoms with Gasteiger partial charge in [0.15, 0.2) is 0 Å². The van der Waals surface area contributed by atoms with E-state index in [1.165, 1.54) is 0 Å². The topological polar surface area (TPSA) is 49.8 Å². The van der Waals surface area contributed by atoms with Gasteiger partial charge in [-0.1, -0.05) is 6.92 Å². The molecule has 1 N–H and O–H groups in total. The SMILES string of the molecule is CC1COCCC1C(=O)N(C)c1ccc(O)cc1. The minimum absolute atomic E-state index is 0.0255. The van der Waals surface area contributed by atoms with Gasteiger partial charge in [-0.25, -0.2) is 0 Å². The Balaban J connectivity index is 2.10. The van der Waals surface area contributed by atoms with E-state index in [2.05, 4.69) is 0 Å². The Morgan fingerprint density at radius 3 is 2.67 bits per heavy atom. The summed E-state index contributed by atoms with van der Waals surface area (Å²) in [5.74, 6) is 0.610. The second-order valence-electron chi connectivity index (χ2n) is 4.86. The molecule has 2 unspecified atom stereocenters. The molecule has 18 heavy (non-hydrogen) atoms. The van der Waals surface area contributed by atoms with Gasteiger partial charge in [-0.15, -0.1) is 0 Å². The predicted octanol–water partition coefficient (Wildman–Crippen LogP) is 2.03. The van der Waals surface area contributed by atoms with Crippen molar-refractivity contribution in [2.75, 3.05) is 25.2 Å². The summed E-state index contributed by atoms with van der Waals surface area (Å²) < 4.78 is 5.36. The quantitative estimate of drug-likeness (QED) is 0.872. The van der Waals surface area contributed by atoms with Crippen LogP contribution in [0.3, 0.4) is 0 Å². The molecule has 0 radical (unpaired) electrons. The van der Waals surface area contributed by atoms with Crippen LogP contribution >= 0.6 is 0 Å². The van der Waals surface area contributed by atoms with Crippen LogP contribution in [0.15, 0.2) is 24.3 Å². The van der Waals surface area contributed by atoms with E-state index in [1.807, 2.05) is 6.92 Å². The van der Waals surface area contributed by atoms with Crippen LogP contribution in [0.1, 0.15) is 13.3 Å². The normalized spacial score (nSPS) is 23.7. The predicted molar refractivity (Wildman–Crippen MR) is 69.6 cm³/mol. The van der Waals surface area contributed by atoms with Gasteiger partial charge in [-0.2, -0.15) is 0 Å². The van der Waals surface area contributed by atoms with Crippen LogP contribution in [0.5, 0.6) is 5.75 Å². The Kier molecular flexibility index (Phi) is 3.87. The van der Waals surface area contributed by atoms with Crippen molar-refractivity contribution in [1.82, 2.24) is 0 Å². The van der Waals surface area contributed by atoms with Gasteiger partial charge in [-0.05, 0) is 36.6 Å². The van der Waals surface area contributed by atoms with Gasteiger partial charge in [0.1, 0.15) is 5.75 Å². The van der Waals surface area contributed by atoms with Gasteiger partial charge < -0.3 is 14.7 Å². The van der Waals surface area contributed by atoms with Crippen LogP contribution in [0.2, 0.25) is 0 Å². The van der Waals surface area contributed by atoms with Crippen LogP contribution < -0.4 is 4.90 Å². The smallest absolute Gasteiger partial charge is 0.230 e. The summed E-state index contributed by atoms with van der Waals surface area (Å²) in [7, 11) is 1.77. The molecular weight excluding hydrogens is 230 g/mol. The van der Waals surface area contributed by atoms with E-state index in [1.54, 1.807) is 36.2 Å². The number of phenols is 1. The molecule has 4 heteroatoms.